The van der Waals surface area contributed by atoms with Crippen LogP contribution in [0.2, 0.25) is 0 Å². The average molecular weight is 322 g/mol. The van der Waals surface area contributed by atoms with Gasteiger partial charge in [-0.2, -0.15) is 0 Å². The zero-order chi connectivity index (χ0) is 13.8. The Labute approximate surface area is 123 Å². The van der Waals surface area contributed by atoms with E-state index in [1.807, 2.05) is 12.5 Å². The first-order chi connectivity index (χ1) is 9.08. The predicted octanol–water partition coefficient (Wildman–Crippen LogP) is 4.08. The Kier molecular flexibility index (Phi) is 4.77. The predicted molar refractivity (Wildman–Crippen MR) is 82.0 cm³/mol. The van der Waals surface area contributed by atoms with E-state index < -0.39 is 0 Å². The van der Waals surface area contributed by atoms with Crippen LogP contribution in [0, 0.1) is 0 Å². The Bertz CT molecular complexity index is 516. The van der Waals surface area contributed by atoms with E-state index in [-0.39, 0.29) is 0 Å². The van der Waals surface area contributed by atoms with Crippen LogP contribution in [0.25, 0.3) is 0 Å². The maximum absolute atomic E-state index is 4.22. The second-order valence-electron chi connectivity index (χ2n) is 5.04. The van der Waals surface area contributed by atoms with E-state index in [1.165, 1.54) is 11.3 Å². The van der Waals surface area contributed by atoms with E-state index in [0.29, 0.717) is 12.1 Å². The number of nitrogens with one attached hydrogen (secondary N) is 1. The molecule has 0 saturated heterocycles. The fourth-order valence-electron chi connectivity index (χ4n) is 2.06. The third kappa shape index (κ3) is 3.67. The number of hydrogen-bond acceptors (Lipinski definition) is 2. The van der Waals surface area contributed by atoms with Gasteiger partial charge < -0.3 is 9.88 Å². The van der Waals surface area contributed by atoms with Gasteiger partial charge in [0.1, 0.15) is 0 Å². The van der Waals surface area contributed by atoms with Gasteiger partial charge in [0.15, 0.2) is 0 Å². The highest BCUT2D eigenvalue weighted by atomic mass is 79.9. The average Bonchev–Trinajstić information content (AvgIpc) is 2.85. The van der Waals surface area contributed by atoms with E-state index in [4.69, 9.17) is 0 Å². The van der Waals surface area contributed by atoms with Gasteiger partial charge in [-0.15, -0.1) is 0 Å². The minimum absolute atomic E-state index is 0.323. The minimum Gasteiger partial charge on any atom is -0.331 e. The summed E-state index contributed by atoms with van der Waals surface area (Å²) >= 11 is 3.46. The Balaban J connectivity index is 1.98. The Morgan fingerprint density at radius 1 is 1.21 bits per heavy atom. The third-order valence-electron chi connectivity index (χ3n) is 3.26. The van der Waals surface area contributed by atoms with Gasteiger partial charge >= 0.3 is 0 Å². The van der Waals surface area contributed by atoms with E-state index >= 15 is 0 Å². The first-order valence-corrected chi connectivity index (χ1v) is 7.36. The van der Waals surface area contributed by atoms with Gasteiger partial charge in [0.2, 0.25) is 0 Å². The topological polar surface area (TPSA) is 29.9 Å². The second-order valence-corrected chi connectivity index (χ2v) is 5.96. The Hall–Kier alpha value is -1.13. The molecule has 0 radical (unpaired) electrons. The standard InChI is InChI=1S/C15H20BrN3/c1-11(2)19-10-17-8-15(19)9-18-12(3)13-4-6-14(16)7-5-13/h4-8,10-12,18H,9H2,1-3H3. The van der Waals surface area contributed by atoms with Crippen molar-refractivity contribution < 1.29 is 0 Å². The molecular formula is C15H20BrN3. The molecule has 4 heteroatoms. The fraction of sp³-hybridized carbons (Fsp3) is 0.400. The molecule has 0 fully saturated rings. The molecule has 1 aromatic heterocycles. The van der Waals surface area contributed by atoms with Gasteiger partial charge in [-0.1, -0.05) is 28.1 Å². The number of nitrogens with zero attached hydrogens (tertiary/aromatic N) is 2. The van der Waals surface area contributed by atoms with Gasteiger partial charge in [0, 0.05) is 29.3 Å². The van der Waals surface area contributed by atoms with E-state index in [0.717, 1.165) is 11.0 Å². The second kappa shape index (κ2) is 6.35. The molecule has 1 aromatic carbocycles. The van der Waals surface area contributed by atoms with E-state index in [2.05, 4.69) is 75.8 Å². The smallest absolute Gasteiger partial charge is 0.0951 e. The molecule has 102 valence electrons. The lowest BCUT2D eigenvalue weighted by Gasteiger charge is -2.16. The van der Waals surface area contributed by atoms with Crippen molar-refractivity contribution in [2.24, 2.45) is 0 Å². The highest BCUT2D eigenvalue weighted by molar-refractivity contribution is 9.10. The van der Waals surface area contributed by atoms with Crippen LogP contribution < -0.4 is 5.32 Å². The van der Waals surface area contributed by atoms with E-state index in [9.17, 15) is 0 Å². The highest BCUT2D eigenvalue weighted by Crippen LogP contribution is 2.17. The molecule has 2 rings (SSSR count). The van der Waals surface area contributed by atoms with Crippen molar-refractivity contribution >= 4 is 15.9 Å². The molecule has 0 aliphatic heterocycles. The monoisotopic (exact) mass is 321 g/mol. The summed E-state index contributed by atoms with van der Waals surface area (Å²) in [4.78, 5) is 4.22. The van der Waals surface area contributed by atoms with Gasteiger partial charge in [-0.3, -0.25) is 0 Å². The van der Waals surface area contributed by atoms with Crippen LogP contribution in [0.3, 0.4) is 0 Å². The highest BCUT2D eigenvalue weighted by Gasteiger charge is 2.08. The van der Waals surface area contributed by atoms with Crippen LogP contribution in [-0.4, -0.2) is 9.55 Å². The quantitative estimate of drug-likeness (QED) is 0.899. The molecule has 0 saturated carbocycles. The molecule has 0 aliphatic carbocycles. The molecule has 3 nitrogen and oxygen atoms in total. The van der Waals surface area contributed by atoms with Crippen molar-refractivity contribution in [3.05, 3.63) is 52.5 Å². The SMILES string of the molecule is CC(NCc1cncn1C(C)C)c1ccc(Br)cc1. The summed E-state index contributed by atoms with van der Waals surface area (Å²) in [5.74, 6) is 0. The summed E-state index contributed by atoms with van der Waals surface area (Å²) in [7, 11) is 0. The molecule has 1 unspecified atom stereocenters. The number of rotatable bonds is 5. The summed E-state index contributed by atoms with van der Waals surface area (Å²) in [6, 6.07) is 9.20. The van der Waals surface area contributed by atoms with Crippen molar-refractivity contribution in [3.8, 4) is 0 Å². The lowest BCUT2D eigenvalue weighted by atomic mass is 10.1. The zero-order valence-corrected chi connectivity index (χ0v) is 13.2. The number of aromatic nitrogens is 2. The number of benzene rings is 1. The molecule has 1 N–H and O–H groups in total. The molecule has 2 aromatic rings. The lowest BCUT2D eigenvalue weighted by molar-refractivity contribution is 0.518. The van der Waals surface area contributed by atoms with Crippen molar-refractivity contribution in [1.82, 2.24) is 14.9 Å². The summed E-state index contributed by atoms with van der Waals surface area (Å²) in [6.45, 7) is 7.35. The zero-order valence-electron chi connectivity index (χ0n) is 11.6. The van der Waals surface area contributed by atoms with Gasteiger partial charge in [0.05, 0.1) is 12.0 Å². The summed E-state index contributed by atoms with van der Waals surface area (Å²) in [6.07, 6.45) is 3.83. The fourth-order valence-corrected chi connectivity index (χ4v) is 2.33. The molecule has 1 heterocycles. The maximum Gasteiger partial charge on any atom is 0.0951 e. The van der Waals surface area contributed by atoms with Gasteiger partial charge in [-0.05, 0) is 38.5 Å². The van der Waals surface area contributed by atoms with Crippen molar-refractivity contribution in [3.63, 3.8) is 0 Å². The third-order valence-corrected chi connectivity index (χ3v) is 3.79. The van der Waals surface area contributed by atoms with Crippen molar-refractivity contribution in [1.29, 1.82) is 0 Å². The largest absolute Gasteiger partial charge is 0.331 e. The van der Waals surface area contributed by atoms with Crippen LogP contribution in [0.5, 0.6) is 0 Å². The van der Waals surface area contributed by atoms with Crippen LogP contribution in [0.1, 0.15) is 44.1 Å². The maximum atomic E-state index is 4.22. The van der Waals surface area contributed by atoms with Crippen molar-refractivity contribution in [2.75, 3.05) is 0 Å². The van der Waals surface area contributed by atoms with Crippen molar-refractivity contribution in [2.45, 2.75) is 39.4 Å². The number of hydrogen-bond donors (Lipinski definition) is 1. The van der Waals surface area contributed by atoms with Gasteiger partial charge in [-0.25, -0.2) is 4.98 Å². The summed E-state index contributed by atoms with van der Waals surface area (Å²) in [5.41, 5.74) is 2.51. The summed E-state index contributed by atoms with van der Waals surface area (Å²) in [5, 5.41) is 3.54. The molecule has 0 spiro atoms. The normalized spacial score (nSPS) is 12.9. The first kappa shape index (κ1) is 14.3. The van der Waals surface area contributed by atoms with E-state index in [1.54, 1.807) is 0 Å². The van der Waals surface area contributed by atoms with Crippen LogP contribution in [0.4, 0.5) is 0 Å². The molecule has 1 atom stereocenters. The van der Waals surface area contributed by atoms with Gasteiger partial charge in [0.25, 0.3) is 0 Å². The first-order valence-electron chi connectivity index (χ1n) is 6.57. The Morgan fingerprint density at radius 2 is 1.89 bits per heavy atom. The van der Waals surface area contributed by atoms with Crippen LogP contribution in [0.15, 0.2) is 41.3 Å². The summed E-state index contributed by atoms with van der Waals surface area (Å²) < 4.78 is 3.31. The number of imidazole rings is 1. The minimum atomic E-state index is 0.323. The lowest BCUT2D eigenvalue weighted by Crippen LogP contribution is -2.20. The number of halogens is 1. The molecule has 0 amide bonds. The Morgan fingerprint density at radius 3 is 2.53 bits per heavy atom. The molecule has 0 bridgehead atoms. The molecular weight excluding hydrogens is 302 g/mol. The molecule has 0 aliphatic rings. The van der Waals surface area contributed by atoms with Crippen LogP contribution >= 0.6 is 15.9 Å². The molecule has 19 heavy (non-hydrogen) atoms. The van der Waals surface area contributed by atoms with Crippen LogP contribution in [-0.2, 0) is 6.54 Å².